The second-order valence-electron chi connectivity index (χ2n) is 3.11. The molecule has 0 unspecified atom stereocenters. The first-order valence-corrected chi connectivity index (χ1v) is 4.59. The summed E-state index contributed by atoms with van der Waals surface area (Å²) in [6.07, 6.45) is 0.0275. The van der Waals surface area contributed by atoms with Crippen molar-refractivity contribution in [2.75, 3.05) is 24.7 Å². The Morgan fingerprint density at radius 2 is 2.00 bits per heavy atom. The van der Waals surface area contributed by atoms with Gasteiger partial charge in [0.2, 0.25) is 0 Å². The Labute approximate surface area is 91.4 Å². The van der Waals surface area contributed by atoms with Gasteiger partial charge < -0.3 is 15.8 Å². The highest BCUT2D eigenvalue weighted by molar-refractivity contribution is 5.70. The Morgan fingerprint density at radius 3 is 2.50 bits per heavy atom. The minimum atomic E-state index is -0.789. The van der Waals surface area contributed by atoms with Crippen LogP contribution in [0.25, 0.3) is 0 Å². The fraction of sp³-hybridized carbons (Fsp3) is 0.300. The highest BCUT2D eigenvalue weighted by Crippen LogP contribution is 2.21. The van der Waals surface area contributed by atoms with Crippen LogP contribution in [-0.4, -0.2) is 19.6 Å². The van der Waals surface area contributed by atoms with Gasteiger partial charge in [0.25, 0.3) is 0 Å². The zero-order valence-electron chi connectivity index (χ0n) is 8.72. The first-order valence-electron chi connectivity index (χ1n) is 4.59. The molecule has 16 heavy (non-hydrogen) atoms. The van der Waals surface area contributed by atoms with E-state index in [0.29, 0.717) is 0 Å². The van der Waals surface area contributed by atoms with Gasteiger partial charge in [0, 0.05) is 12.2 Å². The van der Waals surface area contributed by atoms with E-state index in [4.69, 9.17) is 5.73 Å². The van der Waals surface area contributed by atoms with E-state index < -0.39 is 17.6 Å². The zero-order chi connectivity index (χ0) is 12.1. The molecule has 1 aromatic carbocycles. The quantitative estimate of drug-likeness (QED) is 0.608. The minimum absolute atomic E-state index is 0.00789. The van der Waals surface area contributed by atoms with Crippen molar-refractivity contribution in [1.82, 2.24) is 0 Å². The molecule has 6 heteroatoms. The lowest BCUT2D eigenvalue weighted by Crippen LogP contribution is -2.11. The molecular weight excluding hydrogens is 218 g/mol. The number of ether oxygens (including phenoxy) is 1. The summed E-state index contributed by atoms with van der Waals surface area (Å²) >= 11 is 0. The predicted octanol–water partition coefficient (Wildman–Crippen LogP) is 1.52. The van der Waals surface area contributed by atoms with Crippen LogP contribution >= 0.6 is 0 Å². The Hall–Kier alpha value is -1.85. The van der Waals surface area contributed by atoms with E-state index in [-0.39, 0.29) is 24.3 Å². The lowest BCUT2D eigenvalue weighted by molar-refractivity contribution is -0.140. The van der Waals surface area contributed by atoms with Crippen LogP contribution in [0, 0.1) is 11.6 Å². The third-order valence-electron chi connectivity index (χ3n) is 1.92. The fourth-order valence-corrected chi connectivity index (χ4v) is 1.15. The van der Waals surface area contributed by atoms with Gasteiger partial charge in [-0.25, -0.2) is 8.78 Å². The maximum absolute atomic E-state index is 13.2. The van der Waals surface area contributed by atoms with Crippen LogP contribution in [0.3, 0.4) is 0 Å². The Bertz CT molecular complexity index is 373. The summed E-state index contributed by atoms with van der Waals surface area (Å²) in [6.45, 7) is 0.0877. The molecular formula is C10H12F2N2O2. The SMILES string of the molecule is COC(=O)CCNc1c(F)cc(N)cc1F. The highest BCUT2D eigenvalue weighted by atomic mass is 19.1. The van der Waals surface area contributed by atoms with Crippen LogP contribution in [0.1, 0.15) is 6.42 Å². The number of hydrogen-bond acceptors (Lipinski definition) is 4. The molecule has 0 aliphatic heterocycles. The van der Waals surface area contributed by atoms with Crippen LogP contribution in [-0.2, 0) is 9.53 Å². The average Bonchev–Trinajstić information content (AvgIpc) is 2.21. The number of esters is 1. The highest BCUT2D eigenvalue weighted by Gasteiger charge is 2.10. The smallest absolute Gasteiger partial charge is 0.307 e. The second-order valence-corrected chi connectivity index (χ2v) is 3.11. The van der Waals surface area contributed by atoms with Gasteiger partial charge in [0.1, 0.15) is 5.69 Å². The van der Waals surface area contributed by atoms with Crippen molar-refractivity contribution < 1.29 is 18.3 Å². The van der Waals surface area contributed by atoms with Gasteiger partial charge in [-0.2, -0.15) is 0 Å². The summed E-state index contributed by atoms with van der Waals surface area (Å²) in [5.41, 5.74) is 4.96. The molecule has 0 amide bonds. The lowest BCUT2D eigenvalue weighted by Gasteiger charge is -2.08. The van der Waals surface area contributed by atoms with E-state index in [1.807, 2.05) is 0 Å². The third-order valence-corrected chi connectivity index (χ3v) is 1.92. The van der Waals surface area contributed by atoms with Gasteiger partial charge in [-0.1, -0.05) is 0 Å². The van der Waals surface area contributed by atoms with Crippen molar-refractivity contribution in [1.29, 1.82) is 0 Å². The van der Waals surface area contributed by atoms with E-state index >= 15 is 0 Å². The summed E-state index contributed by atoms with van der Waals surface area (Å²) in [4.78, 5) is 10.8. The number of methoxy groups -OCH3 is 1. The molecule has 0 aromatic heterocycles. The molecule has 0 fully saturated rings. The molecule has 0 heterocycles. The minimum Gasteiger partial charge on any atom is -0.469 e. The number of halogens is 2. The number of nitrogen functional groups attached to an aromatic ring is 1. The molecule has 0 spiro atoms. The van der Waals surface area contributed by atoms with Crippen LogP contribution in [0.5, 0.6) is 0 Å². The van der Waals surface area contributed by atoms with Crippen molar-refractivity contribution in [2.45, 2.75) is 6.42 Å². The molecule has 1 aromatic rings. The molecule has 0 saturated carbocycles. The standard InChI is InChI=1S/C10H12F2N2O2/c1-16-9(15)2-3-14-10-7(11)4-6(13)5-8(10)12/h4-5,14H,2-3,13H2,1H3. The largest absolute Gasteiger partial charge is 0.469 e. The van der Waals surface area contributed by atoms with Gasteiger partial charge in [-0.05, 0) is 12.1 Å². The summed E-state index contributed by atoms with van der Waals surface area (Å²) in [6, 6.07) is 2.01. The zero-order valence-corrected chi connectivity index (χ0v) is 8.72. The molecule has 0 radical (unpaired) electrons. The van der Waals surface area contributed by atoms with Gasteiger partial charge in [0.05, 0.1) is 13.5 Å². The van der Waals surface area contributed by atoms with Gasteiger partial charge in [-0.15, -0.1) is 0 Å². The van der Waals surface area contributed by atoms with E-state index in [1.165, 1.54) is 7.11 Å². The maximum Gasteiger partial charge on any atom is 0.307 e. The number of rotatable bonds is 4. The monoisotopic (exact) mass is 230 g/mol. The Morgan fingerprint density at radius 1 is 1.44 bits per heavy atom. The number of carbonyl (C=O) groups is 1. The van der Waals surface area contributed by atoms with Crippen LogP contribution in [0.2, 0.25) is 0 Å². The van der Waals surface area contributed by atoms with Crippen molar-refractivity contribution in [3.8, 4) is 0 Å². The van der Waals surface area contributed by atoms with Gasteiger partial charge in [0.15, 0.2) is 11.6 Å². The number of carbonyl (C=O) groups excluding carboxylic acids is 1. The molecule has 4 nitrogen and oxygen atoms in total. The molecule has 0 saturated heterocycles. The second kappa shape index (κ2) is 5.29. The molecule has 1 rings (SSSR count). The van der Waals surface area contributed by atoms with E-state index in [9.17, 15) is 13.6 Å². The number of hydrogen-bond donors (Lipinski definition) is 2. The van der Waals surface area contributed by atoms with Crippen LogP contribution < -0.4 is 11.1 Å². The van der Waals surface area contributed by atoms with Crippen molar-refractivity contribution >= 4 is 17.3 Å². The topological polar surface area (TPSA) is 64.3 Å². The van der Waals surface area contributed by atoms with Gasteiger partial charge >= 0.3 is 5.97 Å². The molecule has 0 bridgehead atoms. The Kier molecular flexibility index (Phi) is 4.04. The Balaban J connectivity index is 2.64. The normalized spacial score (nSPS) is 9.94. The van der Waals surface area contributed by atoms with E-state index in [1.54, 1.807) is 0 Å². The van der Waals surface area contributed by atoms with Crippen LogP contribution in [0.4, 0.5) is 20.2 Å². The number of nitrogens with one attached hydrogen (secondary N) is 1. The number of nitrogens with two attached hydrogens (primary N) is 1. The molecule has 3 N–H and O–H groups in total. The molecule has 88 valence electrons. The first-order chi connectivity index (χ1) is 7.54. The summed E-state index contributed by atoms with van der Waals surface area (Å²) < 4.78 is 30.8. The molecule has 0 atom stereocenters. The molecule has 0 aliphatic carbocycles. The number of benzene rings is 1. The lowest BCUT2D eigenvalue weighted by atomic mass is 10.2. The van der Waals surface area contributed by atoms with E-state index in [0.717, 1.165) is 12.1 Å². The fourth-order valence-electron chi connectivity index (χ4n) is 1.15. The first kappa shape index (κ1) is 12.2. The van der Waals surface area contributed by atoms with Gasteiger partial charge in [-0.3, -0.25) is 4.79 Å². The average molecular weight is 230 g/mol. The summed E-state index contributed by atoms with van der Waals surface area (Å²) in [5, 5.41) is 2.47. The van der Waals surface area contributed by atoms with Crippen molar-refractivity contribution in [2.24, 2.45) is 0 Å². The van der Waals surface area contributed by atoms with Crippen molar-refractivity contribution in [3.63, 3.8) is 0 Å². The molecule has 0 aliphatic rings. The third kappa shape index (κ3) is 3.08. The number of anilines is 2. The van der Waals surface area contributed by atoms with Crippen LogP contribution in [0.15, 0.2) is 12.1 Å². The predicted molar refractivity (Wildman–Crippen MR) is 55.9 cm³/mol. The maximum atomic E-state index is 13.2. The summed E-state index contributed by atoms with van der Waals surface area (Å²) in [7, 11) is 1.24. The van der Waals surface area contributed by atoms with Crippen molar-refractivity contribution in [3.05, 3.63) is 23.8 Å². The summed E-state index contributed by atoms with van der Waals surface area (Å²) in [5.74, 6) is -2.03. The van der Waals surface area contributed by atoms with E-state index in [2.05, 4.69) is 10.1 Å².